The molecule has 3 nitrogen and oxygen atoms in total. The number of benzene rings is 1. The Labute approximate surface area is 118 Å². The van der Waals surface area contributed by atoms with E-state index in [1.807, 2.05) is 31.2 Å². The molecule has 0 saturated heterocycles. The highest BCUT2D eigenvalue weighted by atomic mass is 35.5. The molecule has 102 valence electrons. The van der Waals surface area contributed by atoms with E-state index in [0.717, 1.165) is 16.9 Å². The maximum absolute atomic E-state index is 6.39. The van der Waals surface area contributed by atoms with Crippen LogP contribution >= 0.6 is 11.6 Å². The van der Waals surface area contributed by atoms with Gasteiger partial charge >= 0.3 is 0 Å². The van der Waals surface area contributed by atoms with E-state index < -0.39 is 0 Å². The van der Waals surface area contributed by atoms with Gasteiger partial charge < -0.3 is 13.9 Å². The normalized spacial score (nSPS) is 12.2. The SMILES string of the molecule is COc1ccc(CC(Cl)c2occc2C)cc1OC. The first-order valence-corrected chi connectivity index (χ1v) is 6.48. The Morgan fingerprint density at radius 2 is 1.89 bits per heavy atom. The number of halogens is 1. The molecule has 0 fully saturated rings. The molecule has 1 atom stereocenters. The Balaban J connectivity index is 2.17. The molecule has 0 aliphatic heterocycles. The summed E-state index contributed by atoms with van der Waals surface area (Å²) in [6, 6.07) is 7.72. The lowest BCUT2D eigenvalue weighted by atomic mass is 10.1. The fourth-order valence-corrected chi connectivity index (χ4v) is 2.41. The van der Waals surface area contributed by atoms with Gasteiger partial charge in [0.2, 0.25) is 0 Å². The number of hydrogen-bond acceptors (Lipinski definition) is 3. The zero-order chi connectivity index (χ0) is 13.8. The minimum atomic E-state index is -0.187. The van der Waals surface area contributed by atoms with Crippen LogP contribution in [0.3, 0.4) is 0 Å². The average Bonchev–Trinajstić information content (AvgIpc) is 2.85. The topological polar surface area (TPSA) is 31.6 Å². The summed E-state index contributed by atoms with van der Waals surface area (Å²) >= 11 is 6.39. The smallest absolute Gasteiger partial charge is 0.160 e. The molecule has 0 spiro atoms. The van der Waals surface area contributed by atoms with Gasteiger partial charge in [0.25, 0.3) is 0 Å². The molecule has 2 rings (SSSR count). The fraction of sp³-hybridized carbons (Fsp3) is 0.333. The van der Waals surface area contributed by atoms with Gasteiger partial charge in [-0.1, -0.05) is 6.07 Å². The van der Waals surface area contributed by atoms with Crippen LogP contribution in [0.15, 0.2) is 34.9 Å². The van der Waals surface area contributed by atoms with Gasteiger partial charge in [0.05, 0.1) is 25.9 Å². The van der Waals surface area contributed by atoms with Crippen molar-refractivity contribution in [1.82, 2.24) is 0 Å². The lowest BCUT2D eigenvalue weighted by molar-refractivity contribution is 0.354. The maximum Gasteiger partial charge on any atom is 0.160 e. The molecule has 4 heteroatoms. The van der Waals surface area contributed by atoms with Crippen molar-refractivity contribution < 1.29 is 13.9 Å². The first kappa shape index (κ1) is 13.8. The van der Waals surface area contributed by atoms with Crippen molar-refractivity contribution in [2.45, 2.75) is 18.7 Å². The number of aryl methyl sites for hydroxylation is 1. The number of alkyl halides is 1. The summed E-state index contributed by atoms with van der Waals surface area (Å²) < 4.78 is 15.9. The summed E-state index contributed by atoms with van der Waals surface area (Å²) in [6.45, 7) is 1.99. The fourth-order valence-electron chi connectivity index (χ4n) is 2.01. The average molecular weight is 281 g/mol. The van der Waals surface area contributed by atoms with Crippen LogP contribution in [0.4, 0.5) is 0 Å². The van der Waals surface area contributed by atoms with Gasteiger partial charge in [0.1, 0.15) is 5.76 Å². The van der Waals surface area contributed by atoms with E-state index in [1.165, 1.54) is 0 Å². The van der Waals surface area contributed by atoms with Crippen molar-refractivity contribution in [3.05, 3.63) is 47.4 Å². The molecule has 0 radical (unpaired) electrons. The van der Waals surface area contributed by atoms with E-state index in [2.05, 4.69) is 0 Å². The van der Waals surface area contributed by atoms with E-state index in [-0.39, 0.29) is 5.38 Å². The van der Waals surface area contributed by atoms with Crippen LogP contribution in [0.2, 0.25) is 0 Å². The van der Waals surface area contributed by atoms with E-state index in [4.69, 9.17) is 25.5 Å². The molecular weight excluding hydrogens is 264 g/mol. The Morgan fingerprint density at radius 1 is 1.16 bits per heavy atom. The van der Waals surface area contributed by atoms with Crippen LogP contribution in [-0.4, -0.2) is 14.2 Å². The van der Waals surface area contributed by atoms with Crippen molar-refractivity contribution in [1.29, 1.82) is 0 Å². The zero-order valence-corrected chi connectivity index (χ0v) is 12.0. The molecule has 1 unspecified atom stereocenters. The van der Waals surface area contributed by atoms with E-state index in [1.54, 1.807) is 20.5 Å². The van der Waals surface area contributed by atoms with E-state index in [0.29, 0.717) is 17.9 Å². The standard InChI is InChI=1S/C15H17ClO3/c1-10-6-7-19-15(10)12(16)8-11-4-5-13(17-2)14(9-11)18-3/h4-7,9,12H,8H2,1-3H3. The molecular formula is C15H17ClO3. The molecule has 0 saturated carbocycles. The summed E-state index contributed by atoms with van der Waals surface area (Å²) in [5.74, 6) is 2.24. The second-order valence-corrected chi connectivity index (χ2v) is 4.86. The summed E-state index contributed by atoms with van der Waals surface area (Å²) in [4.78, 5) is 0. The van der Waals surface area contributed by atoms with E-state index in [9.17, 15) is 0 Å². The van der Waals surface area contributed by atoms with Crippen molar-refractivity contribution in [2.24, 2.45) is 0 Å². The highest BCUT2D eigenvalue weighted by Gasteiger charge is 2.16. The number of furan rings is 1. The van der Waals surface area contributed by atoms with Gasteiger partial charge in [0.15, 0.2) is 11.5 Å². The number of rotatable bonds is 5. The highest BCUT2D eigenvalue weighted by molar-refractivity contribution is 6.20. The molecule has 19 heavy (non-hydrogen) atoms. The summed E-state index contributed by atoms with van der Waals surface area (Å²) in [7, 11) is 3.24. The van der Waals surface area contributed by atoms with Crippen LogP contribution in [0.1, 0.15) is 22.3 Å². The molecule has 1 aromatic carbocycles. The number of ether oxygens (including phenoxy) is 2. The minimum Gasteiger partial charge on any atom is -0.493 e. The lowest BCUT2D eigenvalue weighted by Crippen LogP contribution is -1.98. The predicted octanol–water partition coefficient (Wildman–Crippen LogP) is 4.13. The Kier molecular flexibility index (Phi) is 4.38. The van der Waals surface area contributed by atoms with Crippen LogP contribution in [0.25, 0.3) is 0 Å². The Morgan fingerprint density at radius 3 is 2.47 bits per heavy atom. The Bertz CT molecular complexity index is 548. The minimum absolute atomic E-state index is 0.187. The van der Waals surface area contributed by atoms with Gasteiger partial charge in [-0.3, -0.25) is 0 Å². The molecule has 0 amide bonds. The summed E-state index contributed by atoms with van der Waals surface area (Å²) in [5.41, 5.74) is 2.15. The second kappa shape index (κ2) is 6.02. The lowest BCUT2D eigenvalue weighted by Gasteiger charge is -2.12. The first-order valence-electron chi connectivity index (χ1n) is 6.04. The van der Waals surface area contributed by atoms with Gasteiger partial charge in [-0.15, -0.1) is 11.6 Å². The molecule has 0 N–H and O–H groups in total. The third-order valence-corrected chi connectivity index (χ3v) is 3.40. The van der Waals surface area contributed by atoms with Crippen LogP contribution in [-0.2, 0) is 6.42 Å². The van der Waals surface area contributed by atoms with Crippen molar-refractivity contribution in [2.75, 3.05) is 14.2 Å². The first-order chi connectivity index (χ1) is 9.15. The highest BCUT2D eigenvalue weighted by Crippen LogP contribution is 2.32. The van der Waals surface area contributed by atoms with Crippen LogP contribution in [0, 0.1) is 6.92 Å². The molecule has 0 aliphatic carbocycles. The van der Waals surface area contributed by atoms with Crippen molar-refractivity contribution in [3.8, 4) is 11.5 Å². The van der Waals surface area contributed by atoms with Gasteiger partial charge in [-0.25, -0.2) is 0 Å². The second-order valence-electron chi connectivity index (χ2n) is 4.33. The Hall–Kier alpha value is -1.61. The maximum atomic E-state index is 6.39. The number of hydrogen-bond donors (Lipinski definition) is 0. The molecule has 1 aromatic heterocycles. The van der Waals surface area contributed by atoms with Crippen LogP contribution < -0.4 is 9.47 Å². The van der Waals surface area contributed by atoms with Gasteiger partial charge in [-0.2, -0.15) is 0 Å². The third kappa shape index (κ3) is 3.04. The molecule has 2 aromatic rings. The monoisotopic (exact) mass is 280 g/mol. The van der Waals surface area contributed by atoms with Gasteiger partial charge in [-0.05, 0) is 42.7 Å². The van der Waals surface area contributed by atoms with Crippen molar-refractivity contribution >= 4 is 11.6 Å². The largest absolute Gasteiger partial charge is 0.493 e. The number of methoxy groups -OCH3 is 2. The quantitative estimate of drug-likeness (QED) is 0.772. The van der Waals surface area contributed by atoms with Crippen LogP contribution in [0.5, 0.6) is 11.5 Å². The predicted molar refractivity (Wildman–Crippen MR) is 75.3 cm³/mol. The van der Waals surface area contributed by atoms with E-state index >= 15 is 0 Å². The molecule has 0 aliphatic rings. The zero-order valence-electron chi connectivity index (χ0n) is 11.3. The van der Waals surface area contributed by atoms with Crippen molar-refractivity contribution in [3.63, 3.8) is 0 Å². The molecule has 1 heterocycles. The summed E-state index contributed by atoms with van der Waals surface area (Å²) in [6.07, 6.45) is 2.34. The summed E-state index contributed by atoms with van der Waals surface area (Å²) in [5, 5.41) is -0.187. The third-order valence-electron chi connectivity index (χ3n) is 3.05. The molecule has 0 bridgehead atoms. The van der Waals surface area contributed by atoms with Gasteiger partial charge in [0, 0.05) is 0 Å².